The molecule has 0 radical (unpaired) electrons. The van der Waals surface area contributed by atoms with E-state index in [4.69, 9.17) is 0 Å². The zero-order valence-electron chi connectivity index (χ0n) is 23.3. The monoisotopic (exact) mass is 561 g/mol. The lowest BCUT2D eigenvalue weighted by atomic mass is 9.94. The Balaban J connectivity index is 1.72. The second-order valence-electron chi connectivity index (χ2n) is 10.6. The molecule has 40 heavy (non-hydrogen) atoms. The van der Waals surface area contributed by atoms with Crippen LogP contribution in [0, 0.1) is 6.92 Å². The van der Waals surface area contributed by atoms with Gasteiger partial charge in [-0.05, 0) is 48.6 Å². The third kappa shape index (κ3) is 7.94. The summed E-state index contributed by atoms with van der Waals surface area (Å²) in [5.74, 6) is -0.638. The first-order valence-electron chi connectivity index (χ1n) is 13.9. The number of rotatable bonds is 11. The molecule has 0 spiro atoms. The topological polar surface area (TPSA) is 86.8 Å². The standard InChI is InChI=1S/C32H39N3O4S/c1-25-14-12-13-17-27(25)23-34(31(36)24-35(40(2,38)39)29-20-10-5-11-21-29)30(22-26-15-6-3-7-16-26)32(37)33-28-18-8-4-9-19-28/h3,5-7,10-17,20-21,28,30H,4,8-9,18-19,22-24H2,1-2H3,(H,33,37). The summed E-state index contributed by atoms with van der Waals surface area (Å²) in [5.41, 5.74) is 3.23. The van der Waals surface area contributed by atoms with Crippen LogP contribution < -0.4 is 9.62 Å². The molecular formula is C32H39N3O4S. The number of carbonyl (C=O) groups is 2. The van der Waals surface area contributed by atoms with E-state index in [0.717, 1.165) is 52.9 Å². The number of aryl methyl sites for hydroxylation is 1. The molecular weight excluding hydrogens is 522 g/mol. The lowest BCUT2D eigenvalue weighted by Crippen LogP contribution is -2.55. The summed E-state index contributed by atoms with van der Waals surface area (Å²) in [4.78, 5) is 29.7. The Morgan fingerprint density at radius 3 is 2.10 bits per heavy atom. The smallest absolute Gasteiger partial charge is 0.244 e. The van der Waals surface area contributed by atoms with Crippen molar-refractivity contribution in [3.8, 4) is 0 Å². The van der Waals surface area contributed by atoms with Crippen LogP contribution >= 0.6 is 0 Å². The van der Waals surface area contributed by atoms with Crippen LogP contribution in [0.1, 0.15) is 48.8 Å². The Bertz CT molecular complexity index is 1370. The van der Waals surface area contributed by atoms with Crippen molar-refractivity contribution < 1.29 is 18.0 Å². The molecule has 0 aliphatic heterocycles. The average Bonchev–Trinajstić information content (AvgIpc) is 2.95. The van der Waals surface area contributed by atoms with E-state index >= 15 is 0 Å². The molecule has 2 amide bonds. The molecule has 1 aliphatic carbocycles. The van der Waals surface area contributed by atoms with E-state index in [-0.39, 0.29) is 18.5 Å². The molecule has 1 aliphatic rings. The van der Waals surface area contributed by atoms with Gasteiger partial charge in [0, 0.05) is 19.0 Å². The van der Waals surface area contributed by atoms with E-state index in [1.165, 1.54) is 6.42 Å². The number of hydrogen-bond acceptors (Lipinski definition) is 4. The van der Waals surface area contributed by atoms with E-state index in [1.54, 1.807) is 35.2 Å². The minimum absolute atomic E-state index is 0.0757. The first kappa shape index (κ1) is 29.3. The van der Waals surface area contributed by atoms with Gasteiger partial charge in [-0.1, -0.05) is 92.1 Å². The number of carbonyl (C=O) groups excluding carboxylic acids is 2. The first-order valence-corrected chi connectivity index (χ1v) is 15.8. The predicted octanol–water partition coefficient (Wildman–Crippen LogP) is 4.85. The molecule has 1 saturated carbocycles. The van der Waals surface area contributed by atoms with E-state index in [1.807, 2.05) is 61.5 Å². The minimum Gasteiger partial charge on any atom is -0.352 e. The van der Waals surface area contributed by atoms with Crippen molar-refractivity contribution in [3.05, 3.63) is 102 Å². The Morgan fingerprint density at radius 2 is 1.48 bits per heavy atom. The maximum atomic E-state index is 14.2. The van der Waals surface area contributed by atoms with Crippen molar-refractivity contribution in [2.75, 3.05) is 17.1 Å². The lowest BCUT2D eigenvalue weighted by Gasteiger charge is -2.35. The summed E-state index contributed by atoms with van der Waals surface area (Å²) in [7, 11) is -3.77. The molecule has 212 valence electrons. The first-order chi connectivity index (χ1) is 19.2. The van der Waals surface area contributed by atoms with Crippen LogP contribution in [-0.4, -0.2) is 50.0 Å². The zero-order valence-corrected chi connectivity index (χ0v) is 24.1. The van der Waals surface area contributed by atoms with Crippen molar-refractivity contribution in [1.82, 2.24) is 10.2 Å². The quantitative estimate of drug-likeness (QED) is 0.363. The van der Waals surface area contributed by atoms with Crippen LogP contribution in [0.2, 0.25) is 0 Å². The van der Waals surface area contributed by atoms with Crippen molar-refractivity contribution in [1.29, 1.82) is 0 Å². The van der Waals surface area contributed by atoms with E-state index in [2.05, 4.69) is 5.32 Å². The van der Waals surface area contributed by atoms with Gasteiger partial charge >= 0.3 is 0 Å². The van der Waals surface area contributed by atoms with Crippen LogP contribution in [0.3, 0.4) is 0 Å². The molecule has 1 N–H and O–H groups in total. The van der Waals surface area contributed by atoms with Crippen LogP contribution in [0.25, 0.3) is 0 Å². The Labute approximate surface area is 238 Å². The van der Waals surface area contributed by atoms with Crippen LogP contribution in [0.4, 0.5) is 5.69 Å². The molecule has 3 aromatic rings. The summed E-state index contributed by atoms with van der Waals surface area (Å²) in [6.45, 7) is 1.75. The van der Waals surface area contributed by atoms with Crippen molar-refractivity contribution >= 4 is 27.5 Å². The third-order valence-electron chi connectivity index (χ3n) is 7.55. The summed E-state index contributed by atoms with van der Waals surface area (Å²) < 4.78 is 26.8. The fourth-order valence-electron chi connectivity index (χ4n) is 5.28. The third-order valence-corrected chi connectivity index (χ3v) is 8.69. The molecule has 7 nitrogen and oxygen atoms in total. The second-order valence-corrected chi connectivity index (χ2v) is 12.5. The minimum atomic E-state index is -3.77. The lowest BCUT2D eigenvalue weighted by molar-refractivity contribution is -0.140. The molecule has 0 saturated heterocycles. The van der Waals surface area contributed by atoms with Gasteiger partial charge in [-0.3, -0.25) is 13.9 Å². The maximum absolute atomic E-state index is 14.2. The largest absolute Gasteiger partial charge is 0.352 e. The highest BCUT2D eigenvalue weighted by Crippen LogP contribution is 2.22. The van der Waals surface area contributed by atoms with Crippen molar-refractivity contribution in [2.45, 2.75) is 64.1 Å². The van der Waals surface area contributed by atoms with Crippen molar-refractivity contribution in [2.24, 2.45) is 0 Å². The number of benzene rings is 3. The van der Waals surface area contributed by atoms with Gasteiger partial charge in [-0.25, -0.2) is 8.42 Å². The molecule has 3 aromatic carbocycles. The second kappa shape index (κ2) is 13.6. The zero-order chi connectivity index (χ0) is 28.5. The fourth-order valence-corrected chi connectivity index (χ4v) is 6.13. The molecule has 4 rings (SSSR count). The van der Waals surface area contributed by atoms with Gasteiger partial charge in [0.15, 0.2) is 0 Å². The number of hydrogen-bond donors (Lipinski definition) is 1. The number of sulfonamides is 1. The highest BCUT2D eigenvalue weighted by molar-refractivity contribution is 7.92. The van der Waals surface area contributed by atoms with E-state index in [0.29, 0.717) is 12.1 Å². The summed E-state index contributed by atoms with van der Waals surface area (Å²) in [6.07, 6.45) is 6.56. The van der Waals surface area contributed by atoms with Gasteiger partial charge in [0.05, 0.1) is 11.9 Å². The Morgan fingerprint density at radius 1 is 0.875 bits per heavy atom. The number of para-hydroxylation sites is 1. The summed E-state index contributed by atoms with van der Waals surface area (Å²) in [5, 5.41) is 3.23. The molecule has 1 unspecified atom stereocenters. The van der Waals surface area contributed by atoms with Gasteiger partial charge < -0.3 is 10.2 Å². The highest BCUT2D eigenvalue weighted by Gasteiger charge is 2.34. The SMILES string of the molecule is Cc1ccccc1CN(C(=O)CN(c1ccccc1)S(C)(=O)=O)C(Cc1ccccc1)C(=O)NC1CCCCC1. The molecule has 1 fully saturated rings. The van der Waals surface area contributed by atoms with Gasteiger partial charge in [0.25, 0.3) is 0 Å². The number of nitrogens with zero attached hydrogens (tertiary/aromatic N) is 2. The average molecular weight is 562 g/mol. The Hall–Kier alpha value is -3.65. The van der Waals surface area contributed by atoms with Gasteiger partial charge in [-0.15, -0.1) is 0 Å². The van der Waals surface area contributed by atoms with Crippen LogP contribution in [0.5, 0.6) is 0 Å². The fraction of sp³-hybridized carbons (Fsp3) is 0.375. The van der Waals surface area contributed by atoms with E-state index < -0.39 is 28.5 Å². The summed E-state index contributed by atoms with van der Waals surface area (Å²) >= 11 is 0. The summed E-state index contributed by atoms with van der Waals surface area (Å²) in [6, 6.07) is 25.3. The van der Waals surface area contributed by atoms with Crippen molar-refractivity contribution in [3.63, 3.8) is 0 Å². The molecule has 0 heterocycles. The van der Waals surface area contributed by atoms with Gasteiger partial charge in [0.2, 0.25) is 21.8 Å². The molecule has 1 atom stereocenters. The number of amides is 2. The Kier molecular flexibility index (Phi) is 9.98. The van der Waals surface area contributed by atoms with Crippen LogP contribution in [0.15, 0.2) is 84.9 Å². The highest BCUT2D eigenvalue weighted by atomic mass is 32.2. The molecule has 8 heteroatoms. The predicted molar refractivity (Wildman–Crippen MR) is 159 cm³/mol. The number of nitrogens with one attached hydrogen (secondary N) is 1. The van der Waals surface area contributed by atoms with Gasteiger partial charge in [-0.2, -0.15) is 0 Å². The van der Waals surface area contributed by atoms with Crippen LogP contribution in [-0.2, 0) is 32.6 Å². The maximum Gasteiger partial charge on any atom is 0.244 e. The molecule has 0 bridgehead atoms. The van der Waals surface area contributed by atoms with E-state index in [9.17, 15) is 18.0 Å². The molecule has 0 aromatic heterocycles. The normalized spacial score (nSPS) is 14.8. The number of anilines is 1. The van der Waals surface area contributed by atoms with Gasteiger partial charge in [0.1, 0.15) is 12.6 Å².